The smallest absolute Gasteiger partial charge is 0.249 e. The molecule has 1 aliphatic heterocycles. The van der Waals surface area contributed by atoms with Gasteiger partial charge >= 0.3 is 0 Å². The number of aromatic nitrogens is 1. The van der Waals surface area contributed by atoms with Crippen molar-refractivity contribution in [1.29, 1.82) is 0 Å². The second kappa shape index (κ2) is 11.1. The van der Waals surface area contributed by atoms with Crippen LogP contribution in [-0.2, 0) is 19.6 Å². The minimum absolute atomic E-state index is 0.0710. The highest BCUT2D eigenvalue weighted by Gasteiger charge is 2.35. The fourth-order valence-electron chi connectivity index (χ4n) is 3.71. The van der Waals surface area contributed by atoms with Crippen LogP contribution in [0.2, 0.25) is 0 Å². The third kappa shape index (κ3) is 6.10. The maximum atomic E-state index is 13.1. The second-order valence-corrected chi connectivity index (χ2v) is 10.9. The Morgan fingerprint density at radius 2 is 2.03 bits per heavy atom. The van der Waals surface area contributed by atoms with E-state index in [-0.39, 0.29) is 29.2 Å². The van der Waals surface area contributed by atoms with Crippen LogP contribution in [-0.4, -0.2) is 55.8 Å². The predicted octanol–water partition coefficient (Wildman–Crippen LogP) is 2.72. The molecule has 2 aromatic rings. The molecule has 0 bridgehead atoms. The van der Waals surface area contributed by atoms with Gasteiger partial charge in [0.1, 0.15) is 11.8 Å². The van der Waals surface area contributed by atoms with E-state index in [1.165, 1.54) is 34.9 Å². The van der Waals surface area contributed by atoms with E-state index in [0.717, 1.165) is 0 Å². The normalized spacial score (nSPS) is 18.8. The van der Waals surface area contributed by atoms with E-state index in [1.54, 1.807) is 23.7 Å². The van der Waals surface area contributed by atoms with Crippen LogP contribution in [0.25, 0.3) is 0 Å². The molecule has 1 aromatic carbocycles. The van der Waals surface area contributed by atoms with Crippen LogP contribution in [0.1, 0.15) is 33.1 Å². The predicted molar refractivity (Wildman–Crippen MR) is 127 cm³/mol. The van der Waals surface area contributed by atoms with E-state index < -0.39 is 22.0 Å². The number of carbonyl (C=O) groups excluding carboxylic acids is 2. The van der Waals surface area contributed by atoms with Crippen molar-refractivity contribution in [2.75, 3.05) is 25.5 Å². The lowest BCUT2D eigenvalue weighted by molar-refractivity contribution is -0.131. The molecule has 180 valence electrons. The zero-order chi connectivity index (χ0) is 24.0. The maximum absolute atomic E-state index is 13.1. The highest BCUT2D eigenvalue weighted by atomic mass is 32.2. The van der Waals surface area contributed by atoms with Gasteiger partial charge in [-0.1, -0.05) is 20.3 Å². The Bertz CT molecular complexity index is 1040. The van der Waals surface area contributed by atoms with Gasteiger partial charge in [-0.15, -0.1) is 11.3 Å². The highest BCUT2D eigenvalue weighted by Crippen LogP contribution is 2.26. The van der Waals surface area contributed by atoms with Crippen molar-refractivity contribution >= 4 is 38.3 Å². The van der Waals surface area contributed by atoms with Crippen LogP contribution in [0.15, 0.2) is 40.7 Å². The largest absolute Gasteiger partial charge is 0.497 e. The molecule has 0 spiro atoms. The Hall–Kier alpha value is -2.50. The Morgan fingerprint density at radius 3 is 2.64 bits per heavy atom. The summed E-state index contributed by atoms with van der Waals surface area (Å²) in [5.74, 6) is -0.713. The number of nitrogens with one attached hydrogen (secondary N) is 2. The Morgan fingerprint density at radius 1 is 1.30 bits per heavy atom. The summed E-state index contributed by atoms with van der Waals surface area (Å²) in [7, 11) is -2.23. The van der Waals surface area contributed by atoms with Gasteiger partial charge in [-0.2, -0.15) is 4.31 Å². The molecule has 2 N–H and O–H groups in total. The van der Waals surface area contributed by atoms with Gasteiger partial charge < -0.3 is 15.4 Å². The number of benzene rings is 1. The number of amides is 2. The second-order valence-electron chi connectivity index (χ2n) is 8.08. The Labute approximate surface area is 198 Å². The van der Waals surface area contributed by atoms with Crippen molar-refractivity contribution in [1.82, 2.24) is 14.6 Å². The highest BCUT2D eigenvalue weighted by molar-refractivity contribution is 7.89. The number of hydrogen-bond acceptors (Lipinski definition) is 7. The zero-order valence-electron chi connectivity index (χ0n) is 19.0. The standard InChI is InChI=1S/C22H30N4O5S2/c1-4-15(2)19(21(28)25-22-23-11-13-32-22)24-20(27)16-6-5-12-26(14-16)33(29,30)18-9-7-17(31-3)8-10-18/h7-11,13,15-16,19H,4-6,12,14H2,1-3H3,(H,24,27)(H,23,25,28)/t15-,16-,19+/m1/s1. The van der Waals surface area contributed by atoms with Gasteiger partial charge in [-0.25, -0.2) is 13.4 Å². The van der Waals surface area contributed by atoms with Crippen LogP contribution in [0, 0.1) is 11.8 Å². The molecule has 0 saturated carbocycles. The topological polar surface area (TPSA) is 118 Å². The molecule has 1 fully saturated rings. The summed E-state index contributed by atoms with van der Waals surface area (Å²) in [6, 6.07) is 5.46. The average molecular weight is 495 g/mol. The molecule has 33 heavy (non-hydrogen) atoms. The minimum Gasteiger partial charge on any atom is -0.497 e. The summed E-state index contributed by atoms with van der Waals surface area (Å²) in [6.07, 6.45) is 3.41. The average Bonchev–Trinajstić information content (AvgIpc) is 3.34. The number of piperidine rings is 1. The molecule has 3 atom stereocenters. The van der Waals surface area contributed by atoms with Crippen molar-refractivity contribution < 1.29 is 22.7 Å². The van der Waals surface area contributed by atoms with E-state index in [1.807, 2.05) is 13.8 Å². The van der Waals surface area contributed by atoms with E-state index in [9.17, 15) is 18.0 Å². The SMILES string of the molecule is CC[C@@H](C)[C@H](NC(=O)[C@@H]1CCCN(S(=O)(=O)c2ccc(OC)cc2)C1)C(=O)Nc1nccs1. The molecule has 1 saturated heterocycles. The Kier molecular flexibility index (Phi) is 8.44. The fraction of sp³-hybridized carbons (Fsp3) is 0.500. The summed E-state index contributed by atoms with van der Waals surface area (Å²) in [4.78, 5) is 30.1. The van der Waals surface area contributed by atoms with Gasteiger partial charge in [-0.3, -0.25) is 9.59 Å². The summed E-state index contributed by atoms with van der Waals surface area (Å²) in [6.45, 7) is 4.26. The molecule has 1 aliphatic rings. The number of methoxy groups -OCH3 is 1. The van der Waals surface area contributed by atoms with Gasteiger partial charge in [0.05, 0.1) is 17.9 Å². The molecule has 2 heterocycles. The number of ether oxygens (including phenoxy) is 1. The molecule has 3 rings (SSSR count). The first kappa shape index (κ1) is 25.1. The van der Waals surface area contributed by atoms with Crippen LogP contribution >= 0.6 is 11.3 Å². The number of anilines is 1. The fourth-order valence-corrected chi connectivity index (χ4v) is 5.77. The first-order valence-corrected chi connectivity index (χ1v) is 13.2. The van der Waals surface area contributed by atoms with Gasteiger partial charge in [0.2, 0.25) is 21.8 Å². The van der Waals surface area contributed by atoms with E-state index in [2.05, 4.69) is 15.6 Å². The van der Waals surface area contributed by atoms with Gasteiger partial charge in [0.25, 0.3) is 0 Å². The lowest BCUT2D eigenvalue weighted by Gasteiger charge is -2.32. The number of sulfonamides is 1. The van der Waals surface area contributed by atoms with Gasteiger partial charge in [0.15, 0.2) is 5.13 Å². The van der Waals surface area contributed by atoms with Crippen molar-refractivity contribution in [3.8, 4) is 5.75 Å². The minimum atomic E-state index is -3.74. The van der Waals surface area contributed by atoms with Crippen LogP contribution in [0.5, 0.6) is 5.75 Å². The first-order chi connectivity index (χ1) is 15.8. The lowest BCUT2D eigenvalue weighted by Crippen LogP contribution is -2.52. The van der Waals surface area contributed by atoms with Crippen molar-refractivity contribution in [3.63, 3.8) is 0 Å². The summed E-state index contributed by atoms with van der Waals surface area (Å²) < 4.78 is 32.6. The van der Waals surface area contributed by atoms with Crippen molar-refractivity contribution in [2.45, 2.75) is 44.0 Å². The molecule has 9 nitrogen and oxygen atoms in total. The third-order valence-electron chi connectivity index (χ3n) is 5.91. The van der Waals surface area contributed by atoms with Crippen molar-refractivity contribution in [3.05, 3.63) is 35.8 Å². The summed E-state index contributed by atoms with van der Waals surface area (Å²) in [5, 5.41) is 7.84. The molecule has 1 aromatic heterocycles. The maximum Gasteiger partial charge on any atom is 0.249 e. The quantitative estimate of drug-likeness (QED) is 0.554. The molecular weight excluding hydrogens is 464 g/mol. The summed E-state index contributed by atoms with van der Waals surface area (Å²) >= 11 is 1.30. The molecule has 0 unspecified atom stereocenters. The van der Waals surface area contributed by atoms with E-state index in [0.29, 0.717) is 36.7 Å². The first-order valence-electron chi connectivity index (χ1n) is 10.9. The van der Waals surface area contributed by atoms with Gasteiger partial charge in [0, 0.05) is 24.7 Å². The van der Waals surface area contributed by atoms with E-state index in [4.69, 9.17) is 4.74 Å². The lowest BCUT2D eigenvalue weighted by atomic mass is 9.95. The molecule has 11 heteroatoms. The summed E-state index contributed by atoms with van der Waals surface area (Å²) in [5.41, 5.74) is 0. The van der Waals surface area contributed by atoms with Crippen LogP contribution in [0.4, 0.5) is 5.13 Å². The van der Waals surface area contributed by atoms with Gasteiger partial charge in [-0.05, 0) is 43.0 Å². The van der Waals surface area contributed by atoms with Crippen LogP contribution < -0.4 is 15.4 Å². The Balaban J connectivity index is 1.69. The number of nitrogens with zero attached hydrogens (tertiary/aromatic N) is 2. The molecular formula is C22H30N4O5S2. The molecule has 0 radical (unpaired) electrons. The molecule has 0 aliphatic carbocycles. The number of carbonyl (C=O) groups is 2. The zero-order valence-corrected chi connectivity index (χ0v) is 20.6. The third-order valence-corrected chi connectivity index (χ3v) is 8.48. The number of hydrogen-bond donors (Lipinski definition) is 2. The number of thiazole rings is 1. The number of rotatable bonds is 9. The molecule has 2 amide bonds. The monoisotopic (exact) mass is 494 g/mol. The van der Waals surface area contributed by atoms with Crippen molar-refractivity contribution in [2.24, 2.45) is 11.8 Å². The van der Waals surface area contributed by atoms with Crippen LogP contribution in [0.3, 0.4) is 0 Å². The van der Waals surface area contributed by atoms with E-state index >= 15 is 0 Å².